The van der Waals surface area contributed by atoms with Gasteiger partial charge in [0.05, 0.1) is 17.7 Å². The SMILES string of the molecule is Cc1ccc(S(=O)(=O)N(C)CC(=O)N/N=C/c2ccc3c(c2)OCO3)cc1. The van der Waals surface area contributed by atoms with Gasteiger partial charge in [0.2, 0.25) is 16.8 Å². The van der Waals surface area contributed by atoms with E-state index < -0.39 is 15.9 Å². The Balaban J connectivity index is 1.57. The average Bonchev–Trinajstić information content (AvgIpc) is 3.10. The van der Waals surface area contributed by atoms with Gasteiger partial charge < -0.3 is 9.47 Å². The van der Waals surface area contributed by atoms with Crippen molar-refractivity contribution >= 4 is 22.1 Å². The molecule has 3 rings (SSSR count). The standard InChI is InChI=1S/C18H19N3O5S/c1-13-3-6-15(7-4-13)27(23,24)21(2)11-18(22)20-19-10-14-5-8-16-17(9-14)26-12-25-16/h3-10H,11-12H2,1-2H3,(H,20,22)/b19-10+. The molecule has 0 radical (unpaired) electrons. The van der Waals surface area contributed by atoms with Crippen molar-refractivity contribution in [2.24, 2.45) is 5.10 Å². The molecule has 0 fully saturated rings. The minimum atomic E-state index is -3.74. The highest BCUT2D eigenvalue weighted by Crippen LogP contribution is 2.31. The molecule has 2 aromatic carbocycles. The molecule has 1 amide bonds. The monoisotopic (exact) mass is 389 g/mol. The average molecular weight is 389 g/mol. The molecule has 1 aliphatic rings. The lowest BCUT2D eigenvalue weighted by Crippen LogP contribution is -2.36. The second-order valence-corrected chi connectivity index (χ2v) is 8.02. The highest BCUT2D eigenvalue weighted by Gasteiger charge is 2.22. The molecule has 9 heteroatoms. The summed E-state index contributed by atoms with van der Waals surface area (Å²) < 4.78 is 36.4. The summed E-state index contributed by atoms with van der Waals surface area (Å²) in [6.45, 7) is 1.69. The van der Waals surface area contributed by atoms with Crippen LogP contribution in [0.2, 0.25) is 0 Å². The van der Waals surface area contributed by atoms with E-state index in [1.165, 1.54) is 25.4 Å². The van der Waals surface area contributed by atoms with E-state index in [0.29, 0.717) is 17.1 Å². The normalized spacial score (nSPS) is 13.3. The maximum Gasteiger partial charge on any atom is 0.255 e. The van der Waals surface area contributed by atoms with E-state index in [1.807, 2.05) is 6.92 Å². The minimum absolute atomic E-state index is 0.132. The van der Waals surface area contributed by atoms with Crippen LogP contribution in [-0.2, 0) is 14.8 Å². The Kier molecular flexibility index (Phi) is 5.43. The molecule has 1 aliphatic heterocycles. The Morgan fingerprint density at radius 2 is 1.89 bits per heavy atom. The number of likely N-dealkylation sites (N-methyl/N-ethyl adjacent to an activating group) is 1. The molecule has 8 nitrogen and oxygen atoms in total. The number of sulfonamides is 1. The van der Waals surface area contributed by atoms with Crippen molar-refractivity contribution in [2.75, 3.05) is 20.4 Å². The minimum Gasteiger partial charge on any atom is -0.454 e. The van der Waals surface area contributed by atoms with E-state index in [1.54, 1.807) is 30.3 Å². The highest BCUT2D eigenvalue weighted by molar-refractivity contribution is 7.89. The molecule has 27 heavy (non-hydrogen) atoms. The summed E-state index contributed by atoms with van der Waals surface area (Å²) in [4.78, 5) is 12.1. The van der Waals surface area contributed by atoms with Gasteiger partial charge >= 0.3 is 0 Å². The number of hydrogen-bond acceptors (Lipinski definition) is 6. The molecule has 0 bridgehead atoms. The topological polar surface area (TPSA) is 97.3 Å². The van der Waals surface area contributed by atoms with Gasteiger partial charge in [0.1, 0.15) is 0 Å². The number of hydrogen-bond donors (Lipinski definition) is 1. The number of amides is 1. The van der Waals surface area contributed by atoms with Crippen molar-refractivity contribution in [1.29, 1.82) is 0 Å². The summed E-state index contributed by atoms with van der Waals surface area (Å²) in [5.74, 6) is 0.707. The Bertz CT molecular complexity index is 971. The van der Waals surface area contributed by atoms with E-state index in [2.05, 4.69) is 10.5 Å². The van der Waals surface area contributed by atoms with Gasteiger partial charge in [-0.1, -0.05) is 17.7 Å². The molecule has 0 aromatic heterocycles. The number of aryl methyl sites for hydroxylation is 1. The third-order valence-corrected chi connectivity index (χ3v) is 5.71. The summed E-state index contributed by atoms with van der Waals surface area (Å²) in [7, 11) is -2.40. The molecule has 1 N–H and O–H groups in total. The molecule has 2 aromatic rings. The number of fused-ring (bicyclic) bond motifs is 1. The van der Waals surface area contributed by atoms with Gasteiger partial charge in [-0.3, -0.25) is 4.79 Å². The van der Waals surface area contributed by atoms with Crippen LogP contribution in [0.15, 0.2) is 52.5 Å². The molecule has 0 aliphatic carbocycles. The van der Waals surface area contributed by atoms with Crippen molar-refractivity contribution in [3.63, 3.8) is 0 Å². The van der Waals surface area contributed by atoms with E-state index in [-0.39, 0.29) is 18.2 Å². The second-order valence-electron chi connectivity index (χ2n) is 5.98. The molecule has 0 unspecified atom stereocenters. The fraction of sp³-hybridized carbons (Fsp3) is 0.222. The first-order valence-electron chi connectivity index (χ1n) is 8.11. The molecular formula is C18H19N3O5S. The number of ether oxygens (including phenoxy) is 2. The maximum atomic E-state index is 12.5. The van der Waals surface area contributed by atoms with Crippen molar-refractivity contribution < 1.29 is 22.7 Å². The van der Waals surface area contributed by atoms with Crippen LogP contribution < -0.4 is 14.9 Å². The third kappa shape index (κ3) is 4.44. The van der Waals surface area contributed by atoms with E-state index in [9.17, 15) is 13.2 Å². The van der Waals surface area contributed by atoms with Crippen LogP contribution in [0.3, 0.4) is 0 Å². The number of rotatable bonds is 6. The van der Waals surface area contributed by atoms with Crippen LogP contribution in [-0.4, -0.2) is 45.2 Å². The van der Waals surface area contributed by atoms with Crippen LogP contribution in [0.4, 0.5) is 0 Å². The molecule has 0 saturated carbocycles. The lowest BCUT2D eigenvalue weighted by Gasteiger charge is -2.16. The molecule has 1 heterocycles. The molecule has 0 spiro atoms. The molecule has 142 valence electrons. The van der Waals surface area contributed by atoms with Gasteiger partial charge in [0.15, 0.2) is 11.5 Å². The van der Waals surface area contributed by atoms with Gasteiger partial charge in [0.25, 0.3) is 5.91 Å². The molecule has 0 saturated heterocycles. The first-order valence-corrected chi connectivity index (χ1v) is 9.55. The summed E-state index contributed by atoms with van der Waals surface area (Å²) in [5.41, 5.74) is 3.97. The summed E-state index contributed by atoms with van der Waals surface area (Å²) in [6.07, 6.45) is 1.44. The Morgan fingerprint density at radius 3 is 2.63 bits per heavy atom. The Hall–Kier alpha value is -2.91. The number of hydrazone groups is 1. The molecule has 0 atom stereocenters. The van der Waals surface area contributed by atoms with Gasteiger partial charge in [0, 0.05) is 7.05 Å². The summed E-state index contributed by atoms with van der Waals surface area (Å²) in [6, 6.07) is 11.7. The number of nitrogens with one attached hydrogen (secondary N) is 1. The maximum absolute atomic E-state index is 12.5. The van der Waals surface area contributed by atoms with Crippen molar-refractivity contribution in [3.05, 3.63) is 53.6 Å². The van der Waals surface area contributed by atoms with Gasteiger partial charge in [-0.2, -0.15) is 9.41 Å². The van der Waals surface area contributed by atoms with E-state index >= 15 is 0 Å². The third-order valence-electron chi connectivity index (χ3n) is 3.89. The largest absolute Gasteiger partial charge is 0.454 e. The first kappa shape index (κ1) is 18.9. The number of carbonyl (C=O) groups is 1. The van der Waals surface area contributed by atoms with Gasteiger partial charge in [-0.15, -0.1) is 0 Å². The van der Waals surface area contributed by atoms with Gasteiger partial charge in [-0.25, -0.2) is 13.8 Å². The molecular weight excluding hydrogens is 370 g/mol. The Labute approximate surface area is 157 Å². The number of benzene rings is 2. The van der Waals surface area contributed by atoms with Crippen molar-refractivity contribution in [3.8, 4) is 11.5 Å². The number of carbonyl (C=O) groups excluding carboxylic acids is 1. The summed E-state index contributed by atoms with van der Waals surface area (Å²) >= 11 is 0. The predicted octanol–water partition coefficient (Wildman–Crippen LogP) is 1.49. The van der Waals surface area contributed by atoms with Crippen LogP contribution in [0, 0.1) is 6.92 Å². The quantitative estimate of drug-likeness (QED) is 0.596. The zero-order valence-corrected chi connectivity index (χ0v) is 15.7. The van der Waals surface area contributed by atoms with Crippen molar-refractivity contribution in [2.45, 2.75) is 11.8 Å². The van der Waals surface area contributed by atoms with E-state index in [0.717, 1.165) is 9.87 Å². The van der Waals surface area contributed by atoms with Crippen LogP contribution in [0.1, 0.15) is 11.1 Å². The van der Waals surface area contributed by atoms with Gasteiger partial charge in [-0.05, 0) is 42.8 Å². The fourth-order valence-corrected chi connectivity index (χ4v) is 3.51. The van der Waals surface area contributed by atoms with Crippen LogP contribution >= 0.6 is 0 Å². The second kappa shape index (κ2) is 7.77. The number of nitrogens with zero attached hydrogens (tertiary/aromatic N) is 2. The predicted molar refractivity (Wildman–Crippen MR) is 99.3 cm³/mol. The highest BCUT2D eigenvalue weighted by atomic mass is 32.2. The fourth-order valence-electron chi connectivity index (χ4n) is 2.38. The zero-order chi connectivity index (χ0) is 19.4. The Morgan fingerprint density at radius 1 is 1.19 bits per heavy atom. The van der Waals surface area contributed by atoms with Crippen molar-refractivity contribution in [1.82, 2.24) is 9.73 Å². The first-order chi connectivity index (χ1) is 12.9. The van der Waals surface area contributed by atoms with E-state index in [4.69, 9.17) is 9.47 Å². The lowest BCUT2D eigenvalue weighted by molar-refractivity contribution is -0.121. The smallest absolute Gasteiger partial charge is 0.255 e. The van der Waals surface area contributed by atoms with Crippen LogP contribution in [0.5, 0.6) is 11.5 Å². The lowest BCUT2D eigenvalue weighted by atomic mass is 10.2. The summed E-state index contributed by atoms with van der Waals surface area (Å²) in [5, 5.41) is 3.84. The zero-order valence-electron chi connectivity index (χ0n) is 14.9. The van der Waals surface area contributed by atoms with Crippen LogP contribution in [0.25, 0.3) is 0 Å².